The molecule has 1 N–H and O–H groups in total. The highest BCUT2D eigenvalue weighted by Crippen LogP contribution is 2.38. The number of carbonyl (C=O) groups is 1. The Morgan fingerprint density at radius 1 is 1.17 bits per heavy atom. The summed E-state index contributed by atoms with van der Waals surface area (Å²) in [7, 11) is 0. The lowest BCUT2D eigenvalue weighted by Crippen LogP contribution is -2.07. The summed E-state index contributed by atoms with van der Waals surface area (Å²) in [5.74, 6) is 0.992. The first-order valence-corrected chi connectivity index (χ1v) is 10.6. The molecular formula is C22H24N4O2S. The number of hydrogen-bond acceptors (Lipinski definition) is 5. The molecule has 1 atom stereocenters. The van der Waals surface area contributed by atoms with E-state index in [0.29, 0.717) is 6.42 Å². The van der Waals surface area contributed by atoms with E-state index in [0.717, 1.165) is 45.5 Å². The van der Waals surface area contributed by atoms with E-state index in [9.17, 15) is 4.79 Å². The van der Waals surface area contributed by atoms with Crippen molar-refractivity contribution in [3.63, 3.8) is 0 Å². The molecule has 0 saturated carbocycles. The molecule has 2 aromatic heterocycles. The normalized spacial score (nSPS) is 15.4. The fourth-order valence-corrected chi connectivity index (χ4v) is 4.97. The molecule has 29 heavy (non-hydrogen) atoms. The second-order valence-corrected chi connectivity index (χ2v) is 8.71. The zero-order chi connectivity index (χ0) is 20.7. The van der Waals surface area contributed by atoms with Gasteiger partial charge in [0.2, 0.25) is 0 Å². The Balaban J connectivity index is 1.75. The molecule has 0 unspecified atom stereocenters. The first kappa shape index (κ1) is 19.5. The molecule has 1 aliphatic rings. The number of rotatable bonds is 5. The minimum Gasteiger partial charge on any atom is -0.481 e. The van der Waals surface area contributed by atoms with Crippen molar-refractivity contribution < 1.29 is 9.90 Å². The Morgan fingerprint density at radius 2 is 1.90 bits per heavy atom. The second kappa shape index (κ2) is 7.55. The molecule has 0 fully saturated rings. The molecule has 7 heteroatoms. The number of fused-ring (bicyclic) bond motifs is 3. The highest BCUT2D eigenvalue weighted by molar-refractivity contribution is 7.15. The number of carboxylic acid groups (broad SMARTS) is 1. The monoisotopic (exact) mass is 408 g/mol. The van der Waals surface area contributed by atoms with Gasteiger partial charge in [-0.3, -0.25) is 14.4 Å². The van der Waals surface area contributed by atoms with Crippen molar-refractivity contribution in [2.75, 3.05) is 0 Å². The predicted molar refractivity (Wildman–Crippen MR) is 115 cm³/mol. The van der Waals surface area contributed by atoms with Gasteiger partial charge in [0, 0.05) is 22.4 Å². The molecule has 0 bridgehead atoms. The average Bonchev–Trinajstić information content (AvgIpc) is 3.16. The lowest BCUT2D eigenvalue weighted by molar-refractivity contribution is -0.137. The zero-order valence-corrected chi connectivity index (χ0v) is 17.9. The largest absolute Gasteiger partial charge is 0.481 e. The molecule has 0 saturated heterocycles. The molecule has 0 amide bonds. The second-order valence-electron chi connectivity index (χ2n) is 7.50. The van der Waals surface area contributed by atoms with Gasteiger partial charge < -0.3 is 5.11 Å². The fourth-order valence-electron chi connectivity index (χ4n) is 3.75. The summed E-state index contributed by atoms with van der Waals surface area (Å²) in [4.78, 5) is 17.1. The Bertz CT molecular complexity index is 1110. The maximum Gasteiger partial charge on any atom is 0.303 e. The average molecular weight is 409 g/mol. The van der Waals surface area contributed by atoms with Crippen LogP contribution in [-0.4, -0.2) is 31.6 Å². The number of aliphatic carboxylic acids is 1. The highest BCUT2D eigenvalue weighted by atomic mass is 32.1. The minimum absolute atomic E-state index is 0.0965. The van der Waals surface area contributed by atoms with E-state index in [2.05, 4.69) is 59.8 Å². The zero-order valence-electron chi connectivity index (χ0n) is 17.1. The summed E-state index contributed by atoms with van der Waals surface area (Å²) < 4.78 is 2.14. The smallest absolute Gasteiger partial charge is 0.303 e. The van der Waals surface area contributed by atoms with E-state index in [1.165, 1.54) is 10.4 Å². The molecule has 1 aromatic carbocycles. The van der Waals surface area contributed by atoms with Crippen LogP contribution in [0, 0.1) is 20.8 Å². The highest BCUT2D eigenvalue weighted by Gasteiger charge is 2.29. The predicted octanol–water partition coefficient (Wildman–Crippen LogP) is 4.57. The van der Waals surface area contributed by atoms with Gasteiger partial charge in [-0.15, -0.1) is 21.5 Å². The number of hydrogen-bond donors (Lipinski definition) is 1. The van der Waals surface area contributed by atoms with Gasteiger partial charge in [0.05, 0.1) is 5.71 Å². The summed E-state index contributed by atoms with van der Waals surface area (Å²) >= 11 is 1.76. The van der Waals surface area contributed by atoms with Crippen LogP contribution in [-0.2, 0) is 11.2 Å². The van der Waals surface area contributed by atoms with Crippen molar-refractivity contribution in [1.82, 2.24) is 14.8 Å². The third-order valence-electron chi connectivity index (χ3n) is 5.44. The van der Waals surface area contributed by atoms with Crippen molar-refractivity contribution in [3.05, 3.63) is 63.0 Å². The van der Waals surface area contributed by atoms with Gasteiger partial charge in [-0.2, -0.15) is 0 Å². The van der Waals surface area contributed by atoms with Gasteiger partial charge in [0.25, 0.3) is 0 Å². The molecule has 6 nitrogen and oxygen atoms in total. The summed E-state index contributed by atoms with van der Waals surface area (Å²) in [5, 5.41) is 18.6. The Morgan fingerprint density at radius 3 is 2.59 bits per heavy atom. The van der Waals surface area contributed by atoms with Crippen LogP contribution >= 0.6 is 11.3 Å². The first-order valence-electron chi connectivity index (χ1n) is 9.78. The SMILES string of the molecule is Cc1sc2c(c1C)C(c1ccc(CCCC(=O)O)cc1)=N[C@@H](C)c1nnc(C)n1-2. The van der Waals surface area contributed by atoms with Gasteiger partial charge >= 0.3 is 5.97 Å². The third-order valence-corrected chi connectivity index (χ3v) is 6.63. The standard InChI is InChI=1S/C22H24N4O2S/c1-12-14(3)29-22-19(12)20(23-13(2)21-25-24-15(4)26(21)22)17-10-8-16(9-11-17)6-5-7-18(27)28/h8-11,13H,5-7H2,1-4H3,(H,27,28)/t13-/m0/s1. The topological polar surface area (TPSA) is 80.4 Å². The summed E-state index contributed by atoms with van der Waals surface area (Å²) in [5.41, 5.74) is 5.58. The number of aliphatic imine (C=N–C) groups is 1. The van der Waals surface area contributed by atoms with Crippen LogP contribution in [0.3, 0.4) is 0 Å². The van der Waals surface area contributed by atoms with E-state index < -0.39 is 5.97 Å². The maximum atomic E-state index is 10.7. The van der Waals surface area contributed by atoms with E-state index >= 15 is 0 Å². The lowest BCUT2D eigenvalue weighted by atomic mass is 9.97. The van der Waals surface area contributed by atoms with Crippen molar-refractivity contribution in [3.8, 4) is 5.00 Å². The molecule has 4 rings (SSSR count). The van der Waals surface area contributed by atoms with Gasteiger partial charge in [0.15, 0.2) is 5.82 Å². The van der Waals surface area contributed by atoms with Crippen LogP contribution in [0.15, 0.2) is 29.3 Å². The van der Waals surface area contributed by atoms with Crippen LogP contribution < -0.4 is 0 Å². The van der Waals surface area contributed by atoms with E-state index in [4.69, 9.17) is 10.1 Å². The summed E-state index contributed by atoms with van der Waals surface area (Å²) in [6.45, 7) is 8.32. The Hall–Kier alpha value is -2.80. The summed E-state index contributed by atoms with van der Waals surface area (Å²) in [6.07, 6.45) is 1.60. The first-order chi connectivity index (χ1) is 13.9. The van der Waals surface area contributed by atoms with Gasteiger partial charge in [0.1, 0.15) is 16.9 Å². The quantitative estimate of drug-likeness (QED) is 0.670. The molecular weight excluding hydrogens is 384 g/mol. The number of nitrogens with zero attached hydrogens (tertiary/aromatic N) is 4. The van der Waals surface area contributed by atoms with E-state index in [1.54, 1.807) is 11.3 Å². The van der Waals surface area contributed by atoms with Crippen LogP contribution in [0.25, 0.3) is 5.00 Å². The van der Waals surface area contributed by atoms with Crippen LogP contribution in [0.1, 0.15) is 64.6 Å². The van der Waals surface area contributed by atoms with Crippen LogP contribution in [0.2, 0.25) is 0 Å². The Labute approximate surface area is 174 Å². The molecule has 3 heterocycles. The molecule has 150 valence electrons. The van der Waals surface area contributed by atoms with Gasteiger partial charge in [-0.25, -0.2) is 0 Å². The number of thiophene rings is 1. The molecule has 1 aliphatic heterocycles. The number of aromatic nitrogens is 3. The molecule has 0 radical (unpaired) electrons. The third kappa shape index (κ3) is 3.51. The molecule has 0 aliphatic carbocycles. The Kier molecular flexibility index (Phi) is 5.08. The van der Waals surface area contributed by atoms with Crippen LogP contribution in [0.5, 0.6) is 0 Å². The van der Waals surface area contributed by atoms with Gasteiger partial charge in [-0.1, -0.05) is 24.3 Å². The van der Waals surface area contributed by atoms with Crippen molar-refractivity contribution in [2.45, 2.75) is 53.0 Å². The fraction of sp³-hybridized carbons (Fsp3) is 0.364. The van der Waals surface area contributed by atoms with Crippen LogP contribution in [0.4, 0.5) is 0 Å². The van der Waals surface area contributed by atoms with E-state index in [-0.39, 0.29) is 12.5 Å². The number of carboxylic acids is 1. The van der Waals surface area contributed by atoms with Crippen molar-refractivity contribution in [2.24, 2.45) is 4.99 Å². The van der Waals surface area contributed by atoms with E-state index in [1.807, 2.05) is 6.92 Å². The number of benzene rings is 1. The van der Waals surface area contributed by atoms with Crippen molar-refractivity contribution in [1.29, 1.82) is 0 Å². The summed E-state index contributed by atoms with van der Waals surface area (Å²) in [6, 6.07) is 8.25. The van der Waals surface area contributed by atoms with Crippen molar-refractivity contribution >= 4 is 23.0 Å². The molecule has 3 aromatic rings. The molecule has 0 spiro atoms. The minimum atomic E-state index is -0.749. The maximum absolute atomic E-state index is 10.7. The number of aryl methyl sites for hydroxylation is 3. The van der Waals surface area contributed by atoms with Gasteiger partial charge in [-0.05, 0) is 51.7 Å². The lowest BCUT2D eigenvalue weighted by Gasteiger charge is -2.10.